The molecule has 2 N–H and O–H groups in total. The van der Waals surface area contributed by atoms with Crippen LogP contribution < -0.4 is 10.6 Å². The van der Waals surface area contributed by atoms with Crippen LogP contribution in [-0.2, 0) is 0 Å². The summed E-state index contributed by atoms with van der Waals surface area (Å²) in [4.78, 5) is 14.4. The fourth-order valence-electron chi connectivity index (χ4n) is 2.38. The van der Waals surface area contributed by atoms with E-state index < -0.39 is 5.82 Å². The molecule has 1 fully saturated rings. The van der Waals surface area contributed by atoms with Crippen LogP contribution in [0.4, 0.5) is 10.1 Å². The summed E-state index contributed by atoms with van der Waals surface area (Å²) in [7, 11) is 3.69. The van der Waals surface area contributed by atoms with Crippen molar-refractivity contribution < 1.29 is 9.18 Å². The SMILES string of the molecule is CNc1c(F)cccc1C(=O)NC1CCN(C)CC1. The van der Waals surface area contributed by atoms with Crippen LogP contribution in [0.15, 0.2) is 18.2 Å². The summed E-state index contributed by atoms with van der Waals surface area (Å²) >= 11 is 0. The third-order valence-electron chi connectivity index (χ3n) is 3.56. The molecule has 1 aliphatic heterocycles. The highest BCUT2D eigenvalue weighted by molar-refractivity contribution is 5.99. The maximum atomic E-state index is 13.6. The predicted octanol–water partition coefficient (Wildman–Crippen LogP) is 1.69. The highest BCUT2D eigenvalue weighted by Gasteiger charge is 2.21. The largest absolute Gasteiger partial charge is 0.385 e. The van der Waals surface area contributed by atoms with Gasteiger partial charge in [0.1, 0.15) is 5.82 Å². The van der Waals surface area contributed by atoms with Crippen molar-refractivity contribution in [3.05, 3.63) is 29.6 Å². The topological polar surface area (TPSA) is 44.4 Å². The quantitative estimate of drug-likeness (QED) is 0.874. The van der Waals surface area contributed by atoms with Gasteiger partial charge in [-0.15, -0.1) is 0 Å². The molecule has 1 heterocycles. The number of piperidine rings is 1. The molecule has 0 atom stereocenters. The second kappa shape index (κ2) is 6.02. The number of anilines is 1. The number of rotatable bonds is 3. The number of benzene rings is 1. The lowest BCUT2D eigenvalue weighted by Gasteiger charge is -2.29. The Kier molecular flexibility index (Phi) is 4.37. The molecule has 0 aromatic heterocycles. The van der Waals surface area contributed by atoms with Gasteiger partial charge >= 0.3 is 0 Å². The molecule has 4 nitrogen and oxygen atoms in total. The lowest BCUT2D eigenvalue weighted by atomic mass is 10.0. The number of hydrogen-bond donors (Lipinski definition) is 2. The molecule has 0 bridgehead atoms. The van der Waals surface area contributed by atoms with E-state index >= 15 is 0 Å². The van der Waals surface area contributed by atoms with Gasteiger partial charge < -0.3 is 15.5 Å². The summed E-state index contributed by atoms with van der Waals surface area (Å²) in [5.41, 5.74) is 0.620. The number of halogens is 1. The second-order valence-electron chi connectivity index (χ2n) is 4.96. The molecule has 1 aromatic carbocycles. The van der Waals surface area contributed by atoms with Crippen LogP contribution in [0.2, 0.25) is 0 Å². The number of nitrogens with zero attached hydrogens (tertiary/aromatic N) is 1. The molecule has 0 unspecified atom stereocenters. The Hall–Kier alpha value is -1.62. The Balaban J connectivity index is 2.06. The molecular formula is C14H20FN3O. The zero-order chi connectivity index (χ0) is 13.8. The molecule has 1 saturated heterocycles. The lowest BCUT2D eigenvalue weighted by molar-refractivity contribution is 0.0917. The second-order valence-corrected chi connectivity index (χ2v) is 4.96. The van der Waals surface area contributed by atoms with Crippen molar-refractivity contribution in [2.24, 2.45) is 0 Å². The van der Waals surface area contributed by atoms with E-state index in [4.69, 9.17) is 0 Å². The van der Waals surface area contributed by atoms with Crippen molar-refractivity contribution in [2.45, 2.75) is 18.9 Å². The summed E-state index contributed by atoms with van der Waals surface area (Å²) in [6.45, 7) is 1.96. The van der Waals surface area contributed by atoms with Crippen LogP contribution in [0.1, 0.15) is 23.2 Å². The highest BCUT2D eigenvalue weighted by atomic mass is 19.1. The standard InChI is InChI=1S/C14H20FN3O/c1-16-13-11(4-3-5-12(13)15)14(19)17-10-6-8-18(2)9-7-10/h3-5,10,16H,6-9H2,1-2H3,(H,17,19). The summed E-state index contributed by atoms with van der Waals surface area (Å²) in [6, 6.07) is 4.72. The maximum absolute atomic E-state index is 13.6. The van der Waals surface area contributed by atoms with E-state index in [9.17, 15) is 9.18 Å². The smallest absolute Gasteiger partial charge is 0.253 e. The van der Waals surface area contributed by atoms with Crippen LogP contribution in [-0.4, -0.2) is 44.0 Å². The molecule has 0 spiro atoms. The Morgan fingerprint density at radius 1 is 1.37 bits per heavy atom. The average molecular weight is 265 g/mol. The van der Waals surface area contributed by atoms with Gasteiger partial charge in [0.05, 0.1) is 11.3 Å². The minimum absolute atomic E-state index is 0.177. The van der Waals surface area contributed by atoms with Gasteiger partial charge in [-0.25, -0.2) is 4.39 Å². The first-order valence-corrected chi connectivity index (χ1v) is 6.57. The van der Waals surface area contributed by atoms with Gasteiger partial charge in [0, 0.05) is 13.1 Å². The van der Waals surface area contributed by atoms with Crippen molar-refractivity contribution in [2.75, 3.05) is 32.5 Å². The van der Waals surface area contributed by atoms with Crippen molar-refractivity contribution in [3.63, 3.8) is 0 Å². The van der Waals surface area contributed by atoms with Crippen LogP contribution in [0.3, 0.4) is 0 Å². The first-order valence-electron chi connectivity index (χ1n) is 6.57. The van der Waals surface area contributed by atoms with Crippen molar-refractivity contribution in [1.29, 1.82) is 0 Å². The van der Waals surface area contributed by atoms with Crippen molar-refractivity contribution in [3.8, 4) is 0 Å². The molecule has 0 radical (unpaired) electrons. The van der Waals surface area contributed by atoms with Gasteiger partial charge in [-0.1, -0.05) is 6.07 Å². The summed E-state index contributed by atoms with van der Waals surface area (Å²) < 4.78 is 13.6. The van der Waals surface area contributed by atoms with Crippen LogP contribution in [0.25, 0.3) is 0 Å². The molecule has 19 heavy (non-hydrogen) atoms. The number of para-hydroxylation sites is 1. The van der Waals surface area contributed by atoms with E-state index in [0.717, 1.165) is 25.9 Å². The van der Waals surface area contributed by atoms with Gasteiger partial charge in [-0.3, -0.25) is 4.79 Å². The van der Waals surface area contributed by atoms with E-state index in [0.29, 0.717) is 5.56 Å². The number of amides is 1. The van der Waals surface area contributed by atoms with Gasteiger partial charge in [-0.05, 0) is 45.1 Å². The molecular weight excluding hydrogens is 245 g/mol. The van der Waals surface area contributed by atoms with E-state index in [1.807, 2.05) is 0 Å². The fraction of sp³-hybridized carbons (Fsp3) is 0.500. The van der Waals surface area contributed by atoms with Gasteiger partial charge in [0.15, 0.2) is 0 Å². The first kappa shape index (κ1) is 13.8. The summed E-state index contributed by atoms with van der Waals surface area (Å²) in [5, 5.41) is 5.73. The minimum Gasteiger partial charge on any atom is -0.385 e. The molecule has 2 rings (SSSR count). The Bertz CT molecular complexity index is 456. The average Bonchev–Trinajstić information content (AvgIpc) is 2.41. The Labute approximate surface area is 113 Å². The fourth-order valence-corrected chi connectivity index (χ4v) is 2.38. The van der Waals surface area contributed by atoms with E-state index in [1.54, 1.807) is 19.2 Å². The van der Waals surface area contributed by atoms with E-state index in [1.165, 1.54) is 6.07 Å². The Morgan fingerprint density at radius 3 is 2.68 bits per heavy atom. The highest BCUT2D eigenvalue weighted by Crippen LogP contribution is 2.19. The van der Waals surface area contributed by atoms with E-state index in [2.05, 4.69) is 22.6 Å². The Morgan fingerprint density at radius 2 is 2.05 bits per heavy atom. The normalized spacial score (nSPS) is 17.2. The molecule has 5 heteroatoms. The monoisotopic (exact) mass is 265 g/mol. The zero-order valence-electron chi connectivity index (χ0n) is 11.4. The molecule has 0 saturated carbocycles. The molecule has 1 aromatic rings. The molecule has 104 valence electrons. The van der Waals surface area contributed by atoms with E-state index in [-0.39, 0.29) is 17.6 Å². The number of carbonyl (C=O) groups is 1. The minimum atomic E-state index is -0.404. The number of carbonyl (C=O) groups excluding carboxylic acids is 1. The molecule has 1 aliphatic rings. The number of hydrogen-bond acceptors (Lipinski definition) is 3. The maximum Gasteiger partial charge on any atom is 0.253 e. The number of nitrogens with one attached hydrogen (secondary N) is 2. The summed E-state index contributed by atoms with van der Waals surface area (Å²) in [5.74, 6) is -0.614. The summed E-state index contributed by atoms with van der Waals surface area (Å²) in [6.07, 6.45) is 1.87. The third-order valence-corrected chi connectivity index (χ3v) is 3.56. The van der Waals surface area contributed by atoms with Crippen LogP contribution in [0, 0.1) is 5.82 Å². The first-order chi connectivity index (χ1) is 9.11. The van der Waals surface area contributed by atoms with Crippen molar-refractivity contribution >= 4 is 11.6 Å². The van der Waals surface area contributed by atoms with Crippen LogP contribution in [0.5, 0.6) is 0 Å². The van der Waals surface area contributed by atoms with Gasteiger partial charge in [0.2, 0.25) is 0 Å². The lowest BCUT2D eigenvalue weighted by Crippen LogP contribution is -2.43. The van der Waals surface area contributed by atoms with Gasteiger partial charge in [-0.2, -0.15) is 0 Å². The molecule has 1 amide bonds. The molecule has 0 aliphatic carbocycles. The number of likely N-dealkylation sites (tertiary alicyclic amines) is 1. The zero-order valence-corrected chi connectivity index (χ0v) is 11.4. The van der Waals surface area contributed by atoms with Crippen molar-refractivity contribution in [1.82, 2.24) is 10.2 Å². The third kappa shape index (κ3) is 3.23. The van der Waals surface area contributed by atoms with Crippen LogP contribution >= 0.6 is 0 Å². The predicted molar refractivity (Wildman–Crippen MR) is 73.9 cm³/mol. The van der Waals surface area contributed by atoms with Gasteiger partial charge in [0.25, 0.3) is 5.91 Å².